The van der Waals surface area contributed by atoms with Crippen molar-refractivity contribution in [3.8, 4) is 11.5 Å². The van der Waals surface area contributed by atoms with E-state index in [-0.39, 0.29) is 12.0 Å². The normalized spacial score (nSPS) is 26.7. The van der Waals surface area contributed by atoms with Gasteiger partial charge in [-0.15, -0.1) is 0 Å². The Labute approximate surface area is 101 Å². The van der Waals surface area contributed by atoms with E-state index in [4.69, 9.17) is 15.2 Å². The fourth-order valence-corrected chi connectivity index (χ4v) is 2.35. The number of hydrogen-bond acceptors (Lipinski definition) is 4. The van der Waals surface area contributed by atoms with Crippen LogP contribution in [0, 0.1) is 5.41 Å². The molecule has 0 heterocycles. The molecule has 0 aliphatic heterocycles. The van der Waals surface area contributed by atoms with Crippen molar-refractivity contribution in [3.63, 3.8) is 0 Å². The molecule has 1 fully saturated rings. The quantitative estimate of drug-likeness (QED) is 0.805. The molecular weight excluding hydrogens is 218 g/mol. The molecule has 1 aliphatic carbocycles. The van der Waals surface area contributed by atoms with Gasteiger partial charge in [-0.05, 0) is 30.0 Å². The van der Waals surface area contributed by atoms with E-state index < -0.39 is 0 Å². The first-order valence-corrected chi connectivity index (χ1v) is 5.73. The second-order valence-corrected chi connectivity index (χ2v) is 4.60. The van der Waals surface area contributed by atoms with Crippen LogP contribution in [0.5, 0.6) is 11.5 Å². The standard InChI is InChI=1S/C13H19NO3/c1-16-11-4-3-9(5-12(11)17-2)10-6-13(10,7-14)8-15/h3-5,10,15H,6-8,14H2,1-2H3/t10-,13+/m0/s1. The van der Waals surface area contributed by atoms with Gasteiger partial charge in [0.2, 0.25) is 0 Å². The maximum Gasteiger partial charge on any atom is 0.160 e. The smallest absolute Gasteiger partial charge is 0.160 e. The highest BCUT2D eigenvalue weighted by atomic mass is 16.5. The zero-order chi connectivity index (χ0) is 12.5. The molecule has 0 saturated heterocycles. The van der Waals surface area contributed by atoms with Crippen LogP contribution in [0.3, 0.4) is 0 Å². The monoisotopic (exact) mass is 237 g/mol. The Kier molecular flexibility index (Phi) is 3.26. The number of benzene rings is 1. The van der Waals surface area contributed by atoms with Crippen molar-refractivity contribution >= 4 is 0 Å². The van der Waals surface area contributed by atoms with Crippen molar-refractivity contribution in [1.82, 2.24) is 0 Å². The Bertz CT molecular complexity index is 402. The lowest BCUT2D eigenvalue weighted by Gasteiger charge is -2.13. The predicted octanol–water partition coefficient (Wildman–Crippen LogP) is 1.13. The third-order valence-electron chi connectivity index (χ3n) is 3.72. The molecule has 1 aromatic carbocycles. The molecule has 0 radical (unpaired) electrons. The van der Waals surface area contributed by atoms with E-state index in [0.717, 1.165) is 23.5 Å². The third kappa shape index (κ3) is 1.98. The van der Waals surface area contributed by atoms with Crippen LogP contribution in [0.25, 0.3) is 0 Å². The Morgan fingerprint density at radius 2 is 2.06 bits per heavy atom. The molecule has 3 N–H and O–H groups in total. The highest BCUT2D eigenvalue weighted by molar-refractivity contribution is 5.46. The van der Waals surface area contributed by atoms with Gasteiger partial charge in [0, 0.05) is 12.0 Å². The Hall–Kier alpha value is -1.26. The minimum Gasteiger partial charge on any atom is -0.493 e. The van der Waals surface area contributed by atoms with Crippen molar-refractivity contribution in [2.75, 3.05) is 27.4 Å². The molecular formula is C13H19NO3. The fraction of sp³-hybridized carbons (Fsp3) is 0.538. The summed E-state index contributed by atoms with van der Waals surface area (Å²) < 4.78 is 10.5. The molecule has 4 nitrogen and oxygen atoms in total. The maximum absolute atomic E-state index is 9.38. The number of methoxy groups -OCH3 is 2. The Morgan fingerprint density at radius 1 is 1.35 bits per heavy atom. The second kappa shape index (κ2) is 4.55. The van der Waals surface area contributed by atoms with E-state index >= 15 is 0 Å². The number of aliphatic hydroxyl groups excluding tert-OH is 1. The summed E-state index contributed by atoms with van der Waals surface area (Å²) >= 11 is 0. The average molecular weight is 237 g/mol. The lowest BCUT2D eigenvalue weighted by atomic mass is 10.00. The van der Waals surface area contributed by atoms with Gasteiger partial charge in [-0.1, -0.05) is 6.07 Å². The van der Waals surface area contributed by atoms with Gasteiger partial charge in [0.05, 0.1) is 20.8 Å². The Balaban J connectivity index is 2.24. The minimum atomic E-state index is -0.125. The van der Waals surface area contributed by atoms with E-state index in [9.17, 15) is 5.11 Å². The van der Waals surface area contributed by atoms with E-state index in [1.165, 1.54) is 0 Å². The van der Waals surface area contributed by atoms with Gasteiger partial charge in [0.25, 0.3) is 0 Å². The third-order valence-corrected chi connectivity index (χ3v) is 3.72. The summed E-state index contributed by atoms with van der Waals surface area (Å²) in [6.07, 6.45) is 0.940. The zero-order valence-corrected chi connectivity index (χ0v) is 10.3. The maximum atomic E-state index is 9.38. The van der Waals surface area contributed by atoms with Crippen LogP contribution in [-0.2, 0) is 0 Å². The van der Waals surface area contributed by atoms with Crippen LogP contribution >= 0.6 is 0 Å². The molecule has 2 rings (SSSR count). The van der Waals surface area contributed by atoms with E-state index in [2.05, 4.69) is 0 Å². The van der Waals surface area contributed by atoms with Crippen LogP contribution in [0.15, 0.2) is 18.2 Å². The summed E-state index contributed by atoms with van der Waals surface area (Å²) in [7, 11) is 3.24. The molecule has 17 heavy (non-hydrogen) atoms. The lowest BCUT2D eigenvalue weighted by Crippen LogP contribution is -2.21. The summed E-state index contributed by atoms with van der Waals surface area (Å²) in [6, 6.07) is 5.88. The fourth-order valence-electron chi connectivity index (χ4n) is 2.35. The van der Waals surface area contributed by atoms with Gasteiger partial charge in [-0.25, -0.2) is 0 Å². The van der Waals surface area contributed by atoms with Crippen LogP contribution in [0.4, 0.5) is 0 Å². The molecule has 94 valence electrons. The number of aliphatic hydroxyl groups is 1. The van der Waals surface area contributed by atoms with Crippen LogP contribution < -0.4 is 15.2 Å². The summed E-state index contributed by atoms with van der Waals surface area (Å²) in [5.74, 6) is 1.78. The highest BCUT2D eigenvalue weighted by Crippen LogP contribution is 2.58. The first-order valence-electron chi connectivity index (χ1n) is 5.73. The van der Waals surface area contributed by atoms with Crippen molar-refractivity contribution in [2.45, 2.75) is 12.3 Å². The first kappa shape index (κ1) is 12.2. The molecule has 0 amide bonds. The van der Waals surface area contributed by atoms with E-state index in [1.54, 1.807) is 14.2 Å². The molecule has 0 spiro atoms. The summed E-state index contributed by atoms with van der Waals surface area (Å²) in [4.78, 5) is 0. The SMILES string of the molecule is COc1ccc([C@@H]2C[C@@]2(CN)CO)cc1OC. The van der Waals surface area contributed by atoms with Crippen molar-refractivity contribution in [3.05, 3.63) is 23.8 Å². The van der Waals surface area contributed by atoms with Gasteiger partial charge in [-0.2, -0.15) is 0 Å². The molecule has 4 heteroatoms. The molecule has 1 aliphatic rings. The van der Waals surface area contributed by atoms with Crippen LogP contribution in [-0.4, -0.2) is 32.5 Å². The number of ether oxygens (including phenoxy) is 2. The predicted molar refractivity (Wildman–Crippen MR) is 65.5 cm³/mol. The molecule has 0 bridgehead atoms. The van der Waals surface area contributed by atoms with E-state index in [1.807, 2.05) is 18.2 Å². The highest BCUT2D eigenvalue weighted by Gasteiger charge is 2.53. The van der Waals surface area contributed by atoms with Crippen molar-refractivity contribution in [2.24, 2.45) is 11.1 Å². The second-order valence-electron chi connectivity index (χ2n) is 4.60. The summed E-state index contributed by atoms with van der Waals surface area (Å²) in [5, 5.41) is 9.38. The molecule has 1 aromatic rings. The van der Waals surface area contributed by atoms with Gasteiger partial charge in [-0.3, -0.25) is 0 Å². The molecule has 1 saturated carbocycles. The largest absolute Gasteiger partial charge is 0.493 e. The molecule has 0 aromatic heterocycles. The van der Waals surface area contributed by atoms with Crippen molar-refractivity contribution < 1.29 is 14.6 Å². The zero-order valence-electron chi connectivity index (χ0n) is 10.3. The topological polar surface area (TPSA) is 64.7 Å². The number of rotatable bonds is 5. The summed E-state index contributed by atoms with van der Waals surface area (Å²) in [5.41, 5.74) is 6.75. The van der Waals surface area contributed by atoms with E-state index in [0.29, 0.717) is 12.5 Å². The summed E-state index contributed by atoms with van der Waals surface area (Å²) in [6.45, 7) is 0.658. The first-order chi connectivity index (χ1) is 8.20. The van der Waals surface area contributed by atoms with Gasteiger partial charge in [0.15, 0.2) is 11.5 Å². The lowest BCUT2D eigenvalue weighted by molar-refractivity contribution is 0.211. The van der Waals surface area contributed by atoms with Gasteiger partial charge >= 0.3 is 0 Å². The number of nitrogens with two attached hydrogens (primary N) is 1. The average Bonchev–Trinajstić information content (AvgIpc) is 3.13. The van der Waals surface area contributed by atoms with Crippen molar-refractivity contribution in [1.29, 1.82) is 0 Å². The number of hydrogen-bond donors (Lipinski definition) is 2. The molecule has 0 unspecified atom stereocenters. The van der Waals surface area contributed by atoms with Crippen LogP contribution in [0.1, 0.15) is 17.9 Å². The van der Waals surface area contributed by atoms with Crippen LogP contribution in [0.2, 0.25) is 0 Å². The van der Waals surface area contributed by atoms with Gasteiger partial charge < -0.3 is 20.3 Å². The minimum absolute atomic E-state index is 0.125. The molecule has 2 atom stereocenters. The Morgan fingerprint density at radius 3 is 2.53 bits per heavy atom. The van der Waals surface area contributed by atoms with Gasteiger partial charge in [0.1, 0.15) is 0 Å².